The van der Waals surface area contributed by atoms with Gasteiger partial charge in [-0.3, -0.25) is 4.79 Å². The molecule has 0 saturated carbocycles. The number of carbonyl (C=O) groups excluding carboxylic acids is 1. The van der Waals surface area contributed by atoms with Gasteiger partial charge in [0.2, 0.25) is 5.91 Å². The summed E-state index contributed by atoms with van der Waals surface area (Å²) < 4.78 is 10.6. The molecule has 1 atom stereocenters. The highest BCUT2D eigenvalue weighted by atomic mass is 32.1. The lowest BCUT2D eigenvalue weighted by Crippen LogP contribution is -2.43. The van der Waals surface area contributed by atoms with E-state index in [1.165, 1.54) is 10.4 Å². The van der Waals surface area contributed by atoms with E-state index < -0.39 is 0 Å². The molecule has 1 aromatic carbocycles. The summed E-state index contributed by atoms with van der Waals surface area (Å²) in [5, 5.41) is 5.36. The summed E-state index contributed by atoms with van der Waals surface area (Å²) in [7, 11) is 3.22. The molecule has 3 rings (SSSR count). The van der Waals surface area contributed by atoms with Crippen LogP contribution in [0.2, 0.25) is 0 Å². The first-order valence-electron chi connectivity index (χ1n) is 7.95. The maximum Gasteiger partial charge on any atom is 0.245 e. The van der Waals surface area contributed by atoms with Crippen molar-refractivity contribution in [1.82, 2.24) is 4.90 Å². The van der Waals surface area contributed by atoms with E-state index in [1.807, 2.05) is 24.0 Å². The van der Waals surface area contributed by atoms with Gasteiger partial charge < -0.3 is 19.7 Å². The first kappa shape index (κ1) is 16.6. The number of hydrogen-bond donors (Lipinski definition) is 1. The monoisotopic (exact) mass is 346 g/mol. The van der Waals surface area contributed by atoms with E-state index >= 15 is 0 Å². The highest BCUT2D eigenvalue weighted by molar-refractivity contribution is 7.10. The van der Waals surface area contributed by atoms with Gasteiger partial charge >= 0.3 is 0 Å². The van der Waals surface area contributed by atoms with E-state index in [0.717, 1.165) is 24.4 Å². The minimum Gasteiger partial charge on any atom is -0.497 e. The number of hydrogen-bond acceptors (Lipinski definition) is 5. The van der Waals surface area contributed by atoms with E-state index in [2.05, 4.69) is 16.8 Å². The van der Waals surface area contributed by atoms with Gasteiger partial charge in [-0.05, 0) is 42.5 Å². The molecule has 2 aromatic rings. The molecule has 1 aromatic heterocycles. The van der Waals surface area contributed by atoms with Gasteiger partial charge in [-0.2, -0.15) is 0 Å². The van der Waals surface area contributed by atoms with Crippen LogP contribution in [-0.4, -0.2) is 37.6 Å². The number of rotatable bonds is 5. The number of nitrogens with zero attached hydrogens (tertiary/aromatic N) is 1. The molecule has 0 saturated heterocycles. The Morgan fingerprint density at radius 2 is 2.12 bits per heavy atom. The second kappa shape index (κ2) is 7.13. The number of ether oxygens (including phenoxy) is 2. The number of thiophene rings is 1. The lowest BCUT2D eigenvalue weighted by Gasteiger charge is -2.30. The molecule has 0 fully saturated rings. The SMILES string of the molecule is COc1ccc(NC(C)C(=O)N2CCc3sccc3C2)c(OC)c1. The molecule has 0 radical (unpaired) electrons. The van der Waals surface area contributed by atoms with E-state index in [9.17, 15) is 4.79 Å². The van der Waals surface area contributed by atoms with E-state index in [1.54, 1.807) is 31.6 Å². The Morgan fingerprint density at radius 1 is 1.29 bits per heavy atom. The minimum atomic E-state index is -0.326. The van der Waals surface area contributed by atoms with Gasteiger partial charge in [0, 0.05) is 24.0 Å². The molecule has 0 spiro atoms. The predicted octanol–water partition coefficient (Wildman–Crippen LogP) is 3.15. The molecule has 24 heavy (non-hydrogen) atoms. The zero-order valence-corrected chi connectivity index (χ0v) is 15.0. The van der Waals surface area contributed by atoms with Gasteiger partial charge in [0.15, 0.2) is 0 Å². The standard InChI is InChI=1S/C18H22N2O3S/c1-12(19-15-5-4-14(22-2)10-16(15)23-3)18(21)20-8-6-17-13(11-20)7-9-24-17/h4-5,7,9-10,12,19H,6,8,11H2,1-3H3. The van der Waals surface area contributed by atoms with Crippen LogP contribution >= 0.6 is 11.3 Å². The fourth-order valence-electron chi connectivity index (χ4n) is 2.92. The Morgan fingerprint density at radius 3 is 2.88 bits per heavy atom. The van der Waals surface area contributed by atoms with E-state index in [-0.39, 0.29) is 11.9 Å². The van der Waals surface area contributed by atoms with Crippen molar-refractivity contribution in [3.63, 3.8) is 0 Å². The maximum absolute atomic E-state index is 12.8. The average molecular weight is 346 g/mol. The van der Waals surface area contributed by atoms with Crippen LogP contribution in [0.4, 0.5) is 5.69 Å². The minimum absolute atomic E-state index is 0.102. The number of amides is 1. The summed E-state index contributed by atoms with van der Waals surface area (Å²) in [4.78, 5) is 16.1. The summed E-state index contributed by atoms with van der Waals surface area (Å²) >= 11 is 1.78. The smallest absolute Gasteiger partial charge is 0.245 e. The topological polar surface area (TPSA) is 50.8 Å². The number of benzene rings is 1. The third-order valence-corrected chi connectivity index (χ3v) is 5.29. The van der Waals surface area contributed by atoms with E-state index in [0.29, 0.717) is 12.3 Å². The highest BCUT2D eigenvalue weighted by Gasteiger charge is 2.25. The molecule has 0 bridgehead atoms. The van der Waals surface area contributed by atoms with Crippen molar-refractivity contribution in [3.8, 4) is 11.5 Å². The van der Waals surface area contributed by atoms with Crippen LogP contribution in [0, 0.1) is 0 Å². The summed E-state index contributed by atoms with van der Waals surface area (Å²) in [6, 6.07) is 7.31. The van der Waals surface area contributed by atoms with Gasteiger partial charge in [-0.25, -0.2) is 0 Å². The second-order valence-electron chi connectivity index (χ2n) is 5.81. The Hall–Kier alpha value is -2.21. The fraction of sp³-hybridized carbons (Fsp3) is 0.389. The van der Waals surface area contributed by atoms with Crippen LogP contribution in [0.15, 0.2) is 29.6 Å². The second-order valence-corrected chi connectivity index (χ2v) is 6.81. The molecule has 0 aliphatic carbocycles. The lowest BCUT2D eigenvalue weighted by atomic mass is 10.1. The summed E-state index contributed by atoms with van der Waals surface area (Å²) in [6.07, 6.45) is 0.942. The molecule has 1 amide bonds. The van der Waals surface area contributed by atoms with Gasteiger partial charge in [0.25, 0.3) is 0 Å². The Kier molecular flexibility index (Phi) is 4.94. The first-order valence-corrected chi connectivity index (χ1v) is 8.83. The molecule has 2 heterocycles. The average Bonchev–Trinajstić information content (AvgIpc) is 3.08. The fourth-order valence-corrected chi connectivity index (χ4v) is 3.81. The van der Waals surface area contributed by atoms with E-state index in [4.69, 9.17) is 9.47 Å². The van der Waals surface area contributed by atoms with Gasteiger partial charge in [0.1, 0.15) is 17.5 Å². The maximum atomic E-state index is 12.8. The molecule has 5 nitrogen and oxygen atoms in total. The van der Waals surface area contributed by atoms with Crippen molar-refractivity contribution in [2.45, 2.75) is 25.9 Å². The van der Waals surface area contributed by atoms with Crippen LogP contribution in [0.1, 0.15) is 17.4 Å². The predicted molar refractivity (Wildman–Crippen MR) is 96.1 cm³/mol. The van der Waals surface area contributed by atoms with Crippen molar-refractivity contribution in [3.05, 3.63) is 40.1 Å². The number of fused-ring (bicyclic) bond motifs is 1. The zero-order chi connectivity index (χ0) is 17.1. The number of anilines is 1. The Bertz CT molecular complexity index is 729. The van der Waals surface area contributed by atoms with Crippen molar-refractivity contribution in [2.75, 3.05) is 26.1 Å². The number of carbonyl (C=O) groups is 1. The molecular formula is C18H22N2O3S. The van der Waals surface area contributed by atoms with Crippen molar-refractivity contribution < 1.29 is 14.3 Å². The van der Waals surface area contributed by atoms with Crippen LogP contribution in [0.3, 0.4) is 0 Å². The van der Waals surface area contributed by atoms with Gasteiger partial charge in [-0.1, -0.05) is 0 Å². The highest BCUT2D eigenvalue weighted by Crippen LogP contribution is 2.30. The Balaban J connectivity index is 1.69. The quantitative estimate of drug-likeness (QED) is 0.904. The van der Waals surface area contributed by atoms with Crippen LogP contribution < -0.4 is 14.8 Å². The zero-order valence-electron chi connectivity index (χ0n) is 14.2. The van der Waals surface area contributed by atoms with Crippen LogP contribution in [-0.2, 0) is 17.8 Å². The van der Waals surface area contributed by atoms with Crippen LogP contribution in [0.5, 0.6) is 11.5 Å². The van der Waals surface area contributed by atoms with Gasteiger partial charge in [-0.15, -0.1) is 11.3 Å². The normalized spacial score (nSPS) is 14.7. The lowest BCUT2D eigenvalue weighted by molar-refractivity contribution is -0.132. The molecule has 6 heteroatoms. The Labute approximate surface area is 146 Å². The number of methoxy groups -OCH3 is 2. The third-order valence-electron chi connectivity index (χ3n) is 4.27. The molecule has 1 unspecified atom stereocenters. The number of nitrogens with one attached hydrogen (secondary N) is 1. The molecule has 1 aliphatic heterocycles. The summed E-state index contributed by atoms with van der Waals surface area (Å²) in [5.41, 5.74) is 2.06. The molecule has 1 aliphatic rings. The molecule has 128 valence electrons. The third kappa shape index (κ3) is 3.33. The van der Waals surface area contributed by atoms with Crippen molar-refractivity contribution >= 4 is 22.9 Å². The molecule has 1 N–H and O–H groups in total. The first-order chi connectivity index (χ1) is 11.6. The summed E-state index contributed by atoms with van der Waals surface area (Å²) in [6.45, 7) is 3.36. The van der Waals surface area contributed by atoms with Crippen molar-refractivity contribution in [2.24, 2.45) is 0 Å². The molecular weight excluding hydrogens is 324 g/mol. The largest absolute Gasteiger partial charge is 0.497 e. The van der Waals surface area contributed by atoms with Crippen LogP contribution in [0.25, 0.3) is 0 Å². The van der Waals surface area contributed by atoms with Gasteiger partial charge in [0.05, 0.1) is 19.9 Å². The van der Waals surface area contributed by atoms with Crippen molar-refractivity contribution in [1.29, 1.82) is 0 Å². The summed E-state index contributed by atoms with van der Waals surface area (Å²) in [5.74, 6) is 1.48.